The number of carbonyl (C=O) groups is 1. The van der Waals surface area contributed by atoms with Crippen molar-refractivity contribution in [1.29, 1.82) is 0 Å². The van der Waals surface area contributed by atoms with Crippen LogP contribution >= 0.6 is 0 Å². The fraction of sp³-hybridized carbons (Fsp3) is 0.917. The Kier molecular flexibility index (Phi) is 3.70. The van der Waals surface area contributed by atoms with Gasteiger partial charge in [0.1, 0.15) is 5.54 Å². The number of β-amino-alcohol motifs (C(OH)–C–C–N with tert-alkyl or cyclic N) is 1. The summed E-state index contributed by atoms with van der Waals surface area (Å²) >= 11 is 0. The van der Waals surface area contributed by atoms with Gasteiger partial charge in [-0.2, -0.15) is 0 Å². The molecule has 2 saturated heterocycles. The van der Waals surface area contributed by atoms with Crippen LogP contribution < -0.4 is 11.1 Å². The zero-order chi connectivity index (χ0) is 12.5. The molecule has 5 nitrogen and oxygen atoms in total. The normalized spacial score (nSPS) is 34.8. The molecule has 17 heavy (non-hydrogen) atoms. The second-order valence-electron chi connectivity index (χ2n) is 5.34. The minimum Gasteiger partial charge on any atom is -0.390 e. The number of carbonyl (C=O) groups excluding carboxylic acids is 1. The van der Waals surface area contributed by atoms with Gasteiger partial charge in [-0.25, -0.2) is 0 Å². The minimum absolute atomic E-state index is 0.212. The first-order valence-electron chi connectivity index (χ1n) is 6.49. The van der Waals surface area contributed by atoms with Crippen LogP contribution in [-0.2, 0) is 4.79 Å². The average Bonchev–Trinajstić information content (AvgIpc) is 2.49. The summed E-state index contributed by atoms with van der Waals surface area (Å²) in [4.78, 5) is 13.9. The molecule has 0 aromatic rings. The second kappa shape index (κ2) is 4.92. The van der Waals surface area contributed by atoms with Gasteiger partial charge in [0.15, 0.2) is 0 Å². The van der Waals surface area contributed by atoms with Crippen molar-refractivity contribution in [2.45, 2.75) is 49.8 Å². The molecule has 2 rings (SSSR count). The fourth-order valence-corrected chi connectivity index (χ4v) is 3.49. The first-order valence-corrected chi connectivity index (χ1v) is 6.49. The van der Waals surface area contributed by atoms with Crippen molar-refractivity contribution in [3.8, 4) is 0 Å². The summed E-state index contributed by atoms with van der Waals surface area (Å²) in [6, 6.07) is 0.433. The first kappa shape index (κ1) is 12.8. The topological polar surface area (TPSA) is 78.6 Å². The van der Waals surface area contributed by atoms with E-state index in [1.165, 1.54) is 0 Å². The summed E-state index contributed by atoms with van der Waals surface area (Å²) in [6.45, 7) is 1.10. The Morgan fingerprint density at radius 3 is 3.00 bits per heavy atom. The molecular weight excluding hydrogens is 218 g/mol. The molecule has 2 aliphatic heterocycles. The lowest BCUT2D eigenvalue weighted by Gasteiger charge is -2.43. The number of hydrogen-bond donors (Lipinski definition) is 3. The van der Waals surface area contributed by atoms with Crippen LogP contribution in [-0.4, -0.2) is 53.7 Å². The van der Waals surface area contributed by atoms with E-state index in [1.807, 2.05) is 7.05 Å². The van der Waals surface area contributed by atoms with Crippen molar-refractivity contribution in [2.24, 2.45) is 5.73 Å². The second-order valence-corrected chi connectivity index (χ2v) is 5.34. The SMILES string of the molecule is CNC[C@@H](O)CN1[C@@H]2CCC[C@@]1(C(N)=O)CC2. The Balaban J connectivity index is 2.10. The van der Waals surface area contributed by atoms with Gasteiger partial charge in [-0.1, -0.05) is 0 Å². The highest BCUT2D eigenvalue weighted by Crippen LogP contribution is 2.43. The van der Waals surface area contributed by atoms with Gasteiger partial charge in [0.2, 0.25) is 5.91 Å². The number of aliphatic hydroxyl groups excluding tert-OH is 1. The number of fused-ring (bicyclic) bond motifs is 2. The number of piperidine rings is 1. The van der Waals surface area contributed by atoms with Gasteiger partial charge in [-0.05, 0) is 39.2 Å². The maximum Gasteiger partial charge on any atom is 0.237 e. The smallest absolute Gasteiger partial charge is 0.237 e. The zero-order valence-corrected chi connectivity index (χ0v) is 10.5. The third-order valence-electron chi connectivity index (χ3n) is 4.32. The summed E-state index contributed by atoms with van der Waals surface area (Å²) in [5.41, 5.74) is 5.13. The highest BCUT2D eigenvalue weighted by molar-refractivity contribution is 5.85. The van der Waals surface area contributed by atoms with Crippen LogP contribution in [0.5, 0.6) is 0 Å². The summed E-state index contributed by atoms with van der Waals surface area (Å²) in [6.07, 6.45) is 4.52. The monoisotopic (exact) mass is 241 g/mol. The number of nitrogens with one attached hydrogen (secondary N) is 1. The van der Waals surface area contributed by atoms with Gasteiger partial charge in [0.05, 0.1) is 6.10 Å². The quantitative estimate of drug-likeness (QED) is 0.603. The van der Waals surface area contributed by atoms with Crippen LogP contribution in [0.15, 0.2) is 0 Å². The number of aliphatic hydroxyl groups is 1. The Bertz CT molecular complexity index is 293. The largest absolute Gasteiger partial charge is 0.390 e. The van der Waals surface area contributed by atoms with Gasteiger partial charge in [-0.15, -0.1) is 0 Å². The van der Waals surface area contributed by atoms with Crippen LogP contribution in [0.1, 0.15) is 32.1 Å². The lowest BCUT2D eigenvalue weighted by molar-refractivity contribution is -0.132. The molecule has 4 N–H and O–H groups in total. The predicted molar refractivity (Wildman–Crippen MR) is 65.4 cm³/mol. The Morgan fingerprint density at radius 1 is 1.59 bits per heavy atom. The van der Waals surface area contributed by atoms with Crippen molar-refractivity contribution in [1.82, 2.24) is 10.2 Å². The maximum absolute atomic E-state index is 11.8. The van der Waals surface area contributed by atoms with E-state index in [9.17, 15) is 9.90 Å². The van der Waals surface area contributed by atoms with Crippen LogP contribution in [0.2, 0.25) is 0 Å². The van der Waals surface area contributed by atoms with Crippen molar-refractivity contribution in [3.05, 3.63) is 0 Å². The number of rotatable bonds is 5. The number of nitrogens with two attached hydrogens (primary N) is 1. The molecule has 0 saturated carbocycles. The van der Waals surface area contributed by atoms with Gasteiger partial charge in [-0.3, -0.25) is 9.69 Å². The highest BCUT2D eigenvalue weighted by atomic mass is 16.3. The molecule has 2 heterocycles. The summed E-state index contributed by atoms with van der Waals surface area (Å²) in [7, 11) is 1.82. The number of primary amides is 1. The molecule has 0 aliphatic carbocycles. The van der Waals surface area contributed by atoms with E-state index in [1.54, 1.807) is 0 Å². The average molecular weight is 241 g/mol. The number of nitrogens with zero attached hydrogens (tertiary/aromatic N) is 1. The van der Waals surface area contributed by atoms with Crippen molar-refractivity contribution in [2.75, 3.05) is 20.1 Å². The molecule has 0 unspecified atom stereocenters. The molecule has 0 radical (unpaired) electrons. The van der Waals surface area contributed by atoms with Gasteiger partial charge in [0.25, 0.3) is 0 Å². The van der Waals surface area contributed by atoms with Crippen molar-refractivity contribution >= 4 is 5.91 Å². The standard InChI is InChI=1S/C12H23N3O2/c1-14-7-10(16)8-15-9-3-2-5-12(15,6-4-9)11(13)17/h9-10,14,16H,2-8H2,1H3,(H2,13,17)/t9-,10-,12+/m1/s1. The van der Waals surface area contributed by atoms with Crippen LogP contribution in [0.25, 0.3) is 0 Å². The van der Waals surface area contributed by atoms with Crippen LogP contribution in [0.4, 0.5) is 0 Å². The number of likely N-dealkylation sites (N-methyl/N-ethyl adjacent to an activating group) is 1. The maximum atomic E-state index is 11.8. The molecule has 2 aliphatic rings. The fourth-order valence-electron chi connectivity index (χ4n) is 3.49. The Morgan fingerprint density at radius 2 is 2.35 bits per heavy atom. The summed E-state index contributed by atoms with van der Waals surface area (Å²) in [5.74, 6) is -0.212. The number of amides is 1. The van der Waals surface area contributed by atoms with E-state index in [-0.39, 0.29) is 5.91 Å². The highest BCUT2D eigenvalue weighted by Gasteiger charge is 2.52. The third-order valence-corrected chi connectivity index (χ3v) is 4.32. The third kappa shape index (κ3) is 2.19. The molecule has 0 aromatic heterocycles. The van der Waals surface area contributed by atoms with E-state index in [4.69, 9.17) is 5.73 Å². The van der Waals surface area contributed by atoms with Gasteiger partial charge < -0.3 is 16.2 Å². The zero-order valence-electron chi connectivity index (χ0n) is 10.5. The predicted octanol–water partition coefficient (Wildman–Crippen LogP) is -0.561. The molecule has 2 fully saturated rings. The lowest BCUT2D eigenvalue weighted by Crippen LogP contribution is -2.60. The molecule has 98 valence electrons. The summed E-state index contributed by atoms with van der Waals surface area (Å²) < 4.78 is 0. The first-order chi connectivity index (χ1) is 8.10. The van der Waals surface area contributed by atoms with Gasteiger partial charge in [0, 0.05) is 19.1 Å². The molecule has 0 spiro atoms. The van der Waals surface area contributed by atoms with E-state index in [2.05, 4.69) is 10.2 Å². The molecule has 2 bridgehead atoms. The lowest BCUT2D eigenvalue weighted by atomic mass is 9.87. The van der Waals surface area contributed by atoms with Crippen LogP contribution in [0, 0.1) is 0 Å². The Hall–Kier alpha value is -0.650. The molecule has 3 atom stereocenters. The van der Waals surface area contributed by atoms with Crippen LogP contribution in [0.3, 0.4) is 0 Å². The van der Waals surface area contributed by atoms with E-state index < -0.39 is 11.6 Å². The van der Waals surface area contributed by atoms with Crippen molar-refractivity contribution in [3.63, 3.8) is 0 Å². The Labute approximate surface area is 102 Å². The summed E-state index contributed by atoms with van der Waals surface area (Å²) in [5, 5.41) is 12.9. The molecular formula is C12H23N3O2. The molecule has 1 amide bonds. The minimum atomic E-state index is -0.475. The van der Waals surface area contributed by atoms with E-state index >= 15 is 0 Å². The van der Waals surface area contributed by atoms with Crippen molar-refractivity contribution < 1.29 is 9.90 Å². The van der Waals surface area contributed by atoms with E-state index in [0.29, 0.717) is 19.1 Å². The van der Waals surface area contributed by atoms with Gasteiger partial charge >= 0.3 is 0 Å². The van der Waals surface area contributed by atoms with E-state index in [0.717, 1.165) is 32.1 Å². The molecule has 5 heteroatoms. The molecule has 0 aromatic carbocycles. The number of hydrogen-bond acceptors (Lipinski definition) is 4.